The molecule has 1 aliphatic rings. The summed E-state index contributed by atoms with van der Waals surface area (Å²) in [5.41, 5.74) is 2.41. The first-order valence-corrected chi connectivity index (χ1v) is 6.09. The van der Waals surface area contributed by atoms with Crippen LogP contribution < -0.4 is 0 Å². The minimum atomic E-state index is -0.229. The van der Waals surface area contributed by atoms with Crippen LogP contribution in [0, 0.1) is 0 Å². The van der Waals surface area contributed by atoms with Crippen molar-refractivity contribution in [2.24, 2.45) is 7.05 Å². The van der Waals surface area contributed by atoms with Gasteiger partial charge in [0.2, 0.25) is 0 Å². The molecule has 1 aromatic heterocycles. The van der Waals surface area contributed by atoms with E-state index in [4.69, 9.17) is 4.74 Å². The first-order valence-electron chi connectivity index (χ1n) is 6.09. The van der Waals surface area contributed by atoms with Crippen LogP contribution in [0.25, 0.3) is 10.9 Å². The lowest BCUT2D eigenvalue weighted by Gasteiger charge is -2.26. The fraction of sp³-hybridized carbons (Fsp3) is 0.429. The van der Waals surface area contributed by atoms with Gasteiger partial charge in [-0.15, -0.1) is 0 Å². The molecular formula is C14H17NO2. The summed E-state index contributed by atoms with van der Waals surface area (Å²) in [6, 6.07) is 8.32. The highest BCUT2D eigenvalue weighted by molar-refractivity contribution is 5.84. The van der Waals surface area contributed by atoms with Crippen LogP contribution in [-0.2, 0) is 11.8 Å². The van der Waals surface area contributed by atoms with Gasteiger partial charge >= 0.3 is 0 Å². The van der Waals surface area contributed by atoms with Gasteiger partial charge in [0, 0.05) is 42.7 Å². The summed E-state index contributed by atoms with van der Waals surface area (Å²) in [7, 11) is 2.05. The summed E-state index contributed by atoms with van der Waals surface area (Å²) in [6.45, 7) is 0.648. The largest absolute Gasteiger partial charge is 0.393 e. The van der Waals surface area contributed by atoms with Crippen LogP contribution in [0.5, 0.6) is 0 Å². The van der Waals surface area contributed by atoms with Gasteiger partial charge in [-0.3, -0.25) is 0 Å². The van der Waals surface area contributed by atoms with Crippen LogP contribution in [0.2, 0.25) is 0 Å². The number of fused-ring (bicyclic) bond motifs is 1. The molecule has 0 aliphatic carbocycles. The molecule has 1 fully saturated rings. The molecule has 17 heavy (non-hydrogen) atoms. The molecule has 0 bridgehead atoms. The molecule has 2 atom stereocenters. The number of benzene rings is 1. The van der Waals surface area contributed by atoms with Crippen molar-refractivity contribution in [1.29, 1.82) is 0 Å². The minimum Gasteiger partial charge on any atom is -0.393 e. The summed E-state index contributed by atoms with van der Waals surface area (Å²) in [4.78, 5) is 0. The number of rotatable bonds is 1. The number of aliphatic hydroxyl groups is 1. The van der Waals surface area contributed by atoms with Gasteiger partial charge < -0.3 is 14.4 Å². The van der Waals surface area contributed by atoms with Crippen LogP contribution >= 0.6 is 0 Å². The normalized spacial score (nSPS) is 25.3. The van der Waals surface area contributed by atoms with E-state index in [0.29, 0.717) is 13.0 Å². The van der Waals surface area contributed by atoms with E-state index in [-0.39, 0.29) is 12.2 Å². The molecule has 2 heterocycles. The molecule has 2 unspecified atom stereocenters. The van der Waals surface area contributed by atoms with Crippen molar-refractivity contribution in [1.82, 2.24) is 4.57 Å². The number of aryl methyl sites for hydroxylation is 1. The van der Waals surface area contributed by atoms with Crippen LogP contribution in [0.4, 0.5) is 0 Å². The first kappa shape index (κ1) is 10.8. The average molecular weight is 231 g/mol. The van der Waals surface area contributed by atoms with Crippen LogP contribution in [0.1, 0.15) is 24.5 Å². The smallest absolute Gasteiger partial charge is 0.0870 e. The molecular weight excluding hydrogens is 214 g/mol. The van der Waals surface area contributed by atoms with Gasteiger partial charge in [0.05, 0.1) is 12.2 Å². The summed E-state index contributed by atoms with van der Waals surface area (Å²) in [5, 5.41) is 11.0. The quantitative estimate of drug-likeness (QED) is 0.817. The monoisotopic (exact) mass is 231 g/mol. The number of ether oxygens (including phenoxy) is 1. The Morgan fingerprint density at radius 1 is 1.35 bits per heavy atom. The van der Waals surface area contributed by atoms with Gasteiger partial charge in [-0.1, -0.05) is 18.2 Å². The van der Waals surface area contributed by atoms with E-state index < -0.39 is 0 Å². The number of aromatic nitrogens is 1. The molecule has 1 aliphatic heterocycles. The van der Waals surface area contributed by atoms with Crippen LogP contribution in [0.15, 0.2) is 30.5 Å². The Morgan fingerprint density at radius 2 is 2.18 bits per heavy atom. The fourth-order valence-corrected chi connectivity index (χ4v) is 2.63. The van der Waals surface area contributed by atoms with Crippen molar-refractivity contribution in [3.63, 3.8) is 0 Å². The molecule has 3 nitrogen and oxygen atoms in total. The third-order valence-corrected chi connectivity index (χ3v) is 3.53. The van der Waals surface area contributed by atoms with Gasteiger partial charge in [-0.25, -0.2) is 0 Å². The highest BCUT2D eigenvalue weighted by Crippen LogP contribution is 2.33. The number of para-hydroxylation sites is 1. The second-order valence-electron chi connectivity index (χ2n) is 4.75. The zero-order valence-corrected chi connectivity index (χ0v) is 9.97. The summed E-state index contributed by atoms with van der Waals surface area (Å²) >= 11 is 0. The molecule has 2 aromatic rings. The van der Waals surface area contributed by atoms with E-state index in [2.05, 4.69) is 22.9 Å². The van der Waals surface area contributed by atoms with Crippen LogP contribution in [-0.4, -0.2) is 22.4 Å². The van der Waals surface area contributed by atoms with Gasteiger partial charge in [-0.2, -0.15) is 0 Å². The molecule has 3 rings (SSSR count). The third kappa shape index (κ3) is 1.85. The Bertz CT molecular complexity index is 532. The van der Waals surface area contributed by atoms with Crippen molar-refractivity contribution < 1.29 is 9.84 Å². The number of hydrogen-bond donors (Lipinski definition) is 1. The predicted molar refractivity (Wildman–Crippen MR) is 66.9 cm³/mol. The van der Waals surface area contributed by atoms with Gasteiger partial charge in [0.15, 0.2) is 0 Å². The molecule has 1 N–H and O–H groups in total. The second-order valence-corrected chi connectivity index (χ2v) is 4.75. The summed E-state index contributed by atoms with van der Waals surface area (Å²) in [6.07, 6.45) is 3.38. The Morgan fingerprint density at radius 3 is 3.00 bits per heavy atom. The molecule has 1 saturated heterocycles. The zero-order valence-electron chi connectivity index (χ0n) is 9.97. The number of nitrogens with zero attached hydrogens (tertiary/aromatic N) is 1. The predicted octanol–water partition coefficient (Wildman–Crippen LogP) is 2.39. The number of aliphatic hydroxyl groups excluding tert-OH is 1. The second kappa shape index (κ2) is 4.17. The topological polar surface area (TPSA) is 34.4 Å². The van der Waals surface area contributed by atoms with Crippen molar-refractivity contribution >= 4 is 10.9 Å². The SMILES string of the molecule is Cn1cc(C2CC(O)CCO2)c2ccccc21. The van der Waals surface area contributed by atoms with E-state index in [1.807, 2.05) is 19.2 Å². The molecule has 0 spiro atoms. The van der Waals surface area contributed by atoms with E-state index in [9.17, 15) is 5.11 Å². The van der Waals surface area contributed by atoms with Gasteiger partial charge in [0.1, 0.15) is 0 Å². The Kier molecular flexibility index (Phi) is 2.65. The minimum absolute atomic E-state index is 0.0323. The van der Waals surface area contributed by atoms with E-state index in [1.54, 1.807) is 0 Å². The molecule has 0 amide bonds. The van der Waals surface area contributed by atoms with E-state index in [0.717, 1.165) is 6.42 Å². The standard InChI is InChI=1S/C14H17NO2/c1-15-9-12(11-4-2-3-5-13(11)15)14-8-10(16)6-7-17-14/h2-5,9-10,14,16H,6-8H2,1H3. The molecule has 90 valence electrons. The van der Waals surface area contributed by atoms with Crippen LogP contribution in [0.3, 0.4) is 0 Å². The maximum absolute atomic E-state index is 9.73. The van der Waals surface area contributed by atoms with Crippen molar-refractivity contribution in [2.45, 2.75) is 25.0 Å². The van der Waals surface area contributed by atoms with E-state index in [1.165, 1.54) is 16.5 Å². The summed E-state index contributed by atoms with van der Waals surface area (Å²) < 4.78 is 7.90. The third-order valence-electron chi connectivity index (χ3n) is 3.53. The number of hydrogen-bond acceptors (Lipinski definition) is 2. The zero-order chi connectivity index (χ0) is 11.8. The molecule has 0 saturated carbocycles. The first-order chi connectivity index (χ1) is 8.25. The fourth-order valence-electron chi connectivity index (χ4n) is 2.63. The molecule has 0 radical (unpaired) electrons. The lowest BCUT2D eigenvalue weighted by atomic mass is 9.99. The van der Waals surface area contributed by atoms with Gasteiger partial charge in [0.25, 0.3) is 0 Å². The van der Waals surface area contributed by atoms with Crippen molar-refractivity contribution in [3.05, 3.63) is 36.0 Å². The van der Waals surface area contributed by atoms with Crippen molar-refractivity contribution in [3.8, 4) is 0 Å². The summed E-state index contributed by atoms with van der Waals surface area (Å²) in [5.74, 6) is 0. The Labute approximate surface area is 101 Å². The Balaban J connectivity index is 2.05. The maximum Gasteiger partial charge on any atom is 0.0870 e. The van der Waals surface area contributed by atoms with Crippen molar-refractivity contribution in [2.75, 3.05) is 6.61 Å². The van der Waals surface area contributed by atoms with Gasteiger partial charge in [-0.05, 0) is 12.5 Å². The van der Waals surface area contributed by atoms with E-state index >= 15 is 0 Å². The lowest BCUT2D eigenvalue weighted by molar-refractivity contribution is -0.0441. The molecule has 3 heteroatoms. The maximum atomic E-state index is 9.73. The lowest BCUT2D eigenvalue weighted by Crippen LogP contribution is -2.23. The highest BCUT2D eigenvalue weighted by atomic mass is 16.5. The molecule has 1 aromatic carbocycles. The Hall–Kier alpha value is -1.32. The highest BCUT2D eigenvalue weighted by Gasteiger charge is 2.24. The average Bonchev–Trinajstić information content (AvgIpc) is 2.68.